The van der Waals surface area contributed by atoms with Crippen LogP contribution in [0.2, 0.25) is 0 Å². The van der Waals surface area contributed by atoms with Gasteiger partial charge in [-0.05, 0) is 12.8 Å². The maximum atomic E-state index is 10.8. The summed E-state index contributed by atoms with van der Waals surface area (Å²) in [5.74, 6) is 0.198. The van der Waals surface area contributed by atoms with Crippen LogP contribution in [0.25, 0.3) is 0 Å². The molecule has 1 atom stereocenters. The van der Waals surface area contributed by atoms with Gasteiger partial charge in [-0.2, -0.15) is 0 Å². The minimum atomic E-state index is 0.198. The summed E-state index contributed by atoms with van der Waals surface area (Å²) in [5, 5.41) is 0. The number of alkyl halides is 1. The van der Waals surface area contributed by atoms with Gasteiger partial charge in [-0.3, -0.25) is 4.79 Å². The highest BCUT2D eigenvalue weighted by molar-refractivity contribution is 9.09. The first-order valence-corrected chi connectivity index (χ1v) is 4.51. The summed E-state index contributed by atoms with van der Waals surface area (Å²) in [6, 6.07) is 0. The van der Waals surface area contributed by atoms with E-state index in [-0.39, 0.29) is 5.91 Å². The Labute approximate surface area is 69.7 Å². The van der Waals surface area contributed by atoms with Crippen molar-refractivity contribution in [3.63, 3.8) is 0 Å². The average Bonchev–Trinajstić information content (AvgIpc) is 1.88. The van der Waals surface area contributed by atoms with Gasteiger partial charge in [0.2, 0.25) is 5.91 Å². The van der Waals surface area contributed by atoms with Crippen LogP contribution < -0.4 is 0 Å². The highest BCUT2D eigenvalue weighted by Gasteiger charge is 2.18. The van der Waals surface area contributed by atoms with Crippen LogP contribution in [0.3, 0.4) is 0 Å². The van der Waals surface area contributed by atoms with E-state index >= 15 is 0 Å². The Morgan fingerprint density at radius 3 is 2.80 bits per heavy atom. The summed E-state index contributed by atoms with van der Waals surface area (Å²) in [4.78, 5) is 13.3. The molecule has 0 aromatic heterocycles. The Bertz CT molecular complexity index is 138. The van der Waals surface area contributed by atoms with Crippen molar-refractivity contribution in [2.24, 2.45) is 0 Å². The molecule has 1 unspecified atom stereocenters. The van der Waals surface area contributed by atoms with Gasteiger partial charge in [0.15, 0.2) is 0 Å². The third kappa shape index (κ3) is 1.97. The summed E-state index contributed by atoms with van der Waals surface area (Å²) >= 11 is 3.50. The molecule has 1 fully saturated rings. The molecule has 10 heavy (non-hydrogen) atoms. The number of hydrogen-bond acceptors (Lipinski definition) is 1. The Morgan fingerprint density at radius 1 is 1.70 bits per heavy atom. The molecule has 1 heterocycles. The predicted molar refractivity (Wildman–Crippen MR) is 44.2 cm³/mol. The molecule has 1 rings (SSSR count). The Balaban J connectivity index is 2.39. The Kier molecular flexibility index (Phi) is 2.72. The van der Waals surface area contributed by atoms with E-state index in [9.17, 15) is 4.79 Å². The van der Waals surface area contributed by atoms with Gasteiger partial charge < -0.3 is 4.90 Å². The lowest BCUT2D eigenvalue weighted by molar-refractivity contribution is -0.129. The van der Waals surface area contributed by atoms with E-state index in [0.717, 1.165) is 19.5 Å². The molecule has 0 aromatic carbocycles. The second kappa shape index (κ2) is 3.37. The normalized spacial score (nSPS) is 26.6. The Hall–Kier alpha value is -0.0500. The van der Waals surface area contributed by atoms with Crippen molar-refractivity contribution >= 4 is 21.8 Å². The van der Waals surface area contributed by atoms with Gasteiger partial charge in [0, 0.05) is 24.8 Å². The average molecular weight is 206 g/mol. The van der Waals surface area contributed by atoms with Crippen LogP contribution in [0, 0.1) is 0 Å². The molecule has 0 aliphatic carbocycles. The number of hydrogen-bond donors (Lipinski definition) is 0. The third-order valence-corrected chi connectivity index (χ3v) is 2.56. The molecule has 0 saturated carbocycles. The lowest BCUT2D eigenvalue weighted by Gasteiger charge is -2.28. The highest BCUT2D eigenvalue weighted by atomic mass is 79.9. The molecule has 0 N–H and O–H groups in total. The maximum Gasteiger partial charge on any atom is 0.219 e. The van der Waals surface area contributed by atoms with E-state index in [1.807, 2.05) is 4.90 Å². The number of piperidine rings is 1. The highest BCUT2D eigenvalue weighted by Crippen LogP contribution is 2.16. The number of carbonyl (C=O) groups excluding carboxylic acids is 1. The van der Waals surface area contributed by atoms with Crippen molar-refractivity contribution in [1.29, 1.82) is 0 Å². The van der Waals surface area contributed by atoms with Crippen LogP contribution in [0.15, 0.2) is 0 Å². The van der Waals surface area contributed by atoms with Gasteiger partial charge in [-0.15, -0.1) is 0 Å². The van der Waals surface area contributed by atoms with Crippen LogP contribution >= 0.6 is 15.9 Å². The van der Waals surface area contributed by atoms with E-state index < -0.39 is 0 Å². The number of likely N-dealkylation sites (tertiary alicyclic amines) is 1. The summed E-state index contributed by atoms with van der Waals surface area (Å²) in [6.07, 6.45) is 2.33. The molecule has 1 saturated heterocycles. The van der Waals surface area contributed by atoms with E-state index in [1.165, 1.54) is 6.42 Å². The van der Waals surface area contributed by atoms with Crippen LogP contribution in [0.5, 0.6) is 0 Å². The topological polar surface area (TPSA) is 20.3 Å². The SMILES string of the molecule is CC(=O)N1CCCC(Br)C1. The molecule has 1 aliphatic rings. The van der Waals surface area contributed by atoms with Gasteiger partial charge in [0.25, 0.3) is 0 Å². The van der Waals surface area contributed by atoms with Crippen LogP contribution in [0.1, 0.15) is 19.8 Å². The van der Waals surface area contributed by atoms with Crippen molar-refractivity contribution in [3.05, 3.63) is 0 Å². The number of nitrogens with zero attached hydrogens (tertiary/aromatic N) is 1. The van der Waals surface area contributed by atoms with Crippen LogP contribution in [-0.2, 0) is 4.79 Å². The van der Waals surface area contributed by atoms with Crippen molar-refractivity contribution in [3.8, 4) is 0 Å². The molecule has 0 spiro atoms. The van der Waals surface area contributed by atoms with Gasteiger partial charge >= 0.3 is 0 Å². The quantitative estimate of drug-likeness (QED) is 0.548. The van der Waals surface area contributed by atoms with E-state index in [0.29, 0.717) is 4.83 Å². The van der Waals surface area contributed by atoms with Crippen molar-refractivity contribution in [2.75, 3.05) is 13.1 Å². The Morgan fingerprint density at radius 2 is 2.40 bits per heavy atom. The molecule has 58 valence electrons. The zero-order valence-electron chi connectivity index (χ0n) is 6.14. The first-order valence-electron chi connectivity index (χ1n) is 3.59. The molecule has 3 heteroatoms. The zero-order valence-corrected chi connectivity index (χ0v) is 7.73. The number of carbonyl (C=O) groups is 1. The fourth-order valence-electron chi connectivity index (χ4n) is 1.21. The predicted octanol–water partition coefficient (Wildman–Crippen LogP) is 1.39. The minimum absolute atomic E-state index is 0.198. The van der Waals surface area contributed by atoms with Crippen molar-refractivity contribution < 1.29 is 4.79 Å². The largest absolute Gasteiger partial charge is 0.342 e. The molecule has 1 aliphatic heterocycles. The van der Waals surface area contributed by atoms with Gasteiger partial charge in [0.1, 0.15) is 0 Å². The lowest BCUT2D eigenvalue weighted by atomic mass is 10.1. The molecule has 2 nitrogen and oxygen atoms in total. The molecule has 0 bridgehead atoms. The first-order chi connectivity index (χ1) is 4.70. The smallest absolute Gasteiger partial charge is 0.219 e. The van der Waals surface area contributed by atoms with Gasteiger partial charge in [-0.25, -0.2) is 0 Å². The second-order valence-corrected chi connectivity index (χ2v) is 4.00. The number of rotatable bonds is 0. The van der Waals surface area contributed by atoms with Gasteiger partial charge in [0.05, 0.1) is 0 Å². The number of amides is 1. The summed E-state index contributed by atoms with van der Waals surface area (Å²) in [6.45, 7) is 3.46. The zero-order chi connectivity index (χ0) is 7.56. The van der Waals surface area contributed by atoms with E-state index in [1.54, 1.807) is 6.92 Å². The molecular formula is C7H12BrNO. The molecule has 1 amide bonds. The second-order valence-electron chi connectivity index (χ2n) is 2.70. The van der Waals surface area contributed by atoms with Crippen molar-refractivity contribution in [2.45, 2.75) is 24.6 Å². The van der Waals surface area contributed by atoms with Crippen LogP contribution in [-0.4, -0.2) is 28.7 Å². The lowest BCUT2D eigenvalue weighted by Crippen LogP contribution is -2.38. The molecular weight excluding hydrogens is 194 g/mol. The summed E-state index contributed by atoms with van der Waals surface area (Å²) in [5.41, 5.74) is 0. The van der Waals surface area contributed by atoms with Gasteiger partial charge in [-0.1, -0.05) is 15.9 Å². The van der Waals surface area contributed by atoms with Crippen molar-refractivity contribution in [1.82, 2.24) is 4.90 Å². The third-order valence-electron chi connectivity index (χ3n) is 1.81. The minimum Gasteiger partial charge on any atom is -0.342 e. The number of halogens is 1. The standard InChI is InChI=1S/C7H12BrNO/c1-6(10)9-4-2-3-7(8)5-9/h7H,2-5H2,1H3. The maximum absolute atomic E-state index is 10.8. The van der Waals surface area contributed by atoms with Crippen LogP contribution in [0.4, 0.5) is 0 Å². The summed E-state index contributed by atoms with van der Waals surface area (Å²) in [7, 11) is 0. The monoisotopic (exact) mass is 205 g/mol. The first kappa shape index (κ1) is 8.05. The summed E-state index contributed by atoms with van der Waals surface area (Å²) < 4.78 is 0. The van der Waals surface area contributed by atoms with E-state index in [4.69, 9.17) is 0 Å². The fourth-order valence-corrected chi connectivity index (χ4v) is 1.88. The molecule has 0 radical (unpaired) electrons. The molecule has 0 aromatic rings. The fraction of sp³-hybridized carbons (Fsp3) is 0.857. The van der Waals surface area contributed by atoms with E-state index in [2.05, 4.69) is 15.9 Å².